The molecule has 0 spiro atoms. The Bertz CT molecular complexity index is 748. The van der Waals surface area contributed by atoms with Crippen LogP contribution in [0.4, 0.5) is 0 Å². The second kappa shape index (κ2) is 4.17. The molecule has 1 aromatic heterocycles. The van der Waals surface area contributed by atoms with Crippen LogP contribution < -0.4 is 0 Å². The van der Waals surface area contributed by atoms with Gasteiger partial charge in [-0.1, -0.05) is 12.1 Å². The van der Waals surface area contributed by atoms with Gasteiger partial charge in [-0.2, -0.15) is 0 Å². The summed E-state index contributed by atoms with van der Waals surface area (Å²) in [5, 5.41) is 29.0. The molecule has 3 N–H and O–H groups in total. The Morgan fingerprint density at radius 1 is 0.737 bits per heavy atom. The molecule has 4 heteroatoms. The van der Waals surface area contributed by atoms with E-state index in [-0.39, 0.29) is 17.2 Å². The second-order valence-corrected chi connectivity index (χ2v) is 4.26. The number of aromatic hydroxyl groups is 3. The smallest absolute Gasteiger partial charge is 0.367 e. The number of phenols is 3. The first-order valence-electron chi connectivity index (χ1n) is 5.70. The van der Waals surface area contributed by atoms with Crippen molar-refractivity contribution in [3.8, 4) is 28.4 Å². The SMILES string of the molecule is Oc1ccc(-c2c[o+]c3cc(O)cc(O)c3c2)cc1. The Morgan fingerprint density at radius 3 is 2.21 bits per heavy atom. The fourth-order valence-electron chi connectivity index (χ4n) is 1.96. The molecule has 0 radical (unpaired) electrons. The summed E-state index contributed by atoms with van der Waals surface area (Å²) in [6, 6.07) is 11.1. The molecule has 0 amide bonds. The van der Waals surface area contributed by atoms with Crippen molar-refractivity contribution in [1.82, 2.24) is 0 Å². The van der Waals surface area contributed by atoms with Gasteiger partial charge in [0.1, 0.15) is 22.6 Å². The van der Waals surface area contributed by atoms with Crippen molar-refractivity contribution in [2.45, 2.75) is 0 Å². The maximum atomic E-state index is 9.81. The molecule has 0 aliphatic carbocycles. The van der Waals surface area contributed by atoms with Gasteiger partial charge in [0, 0.05) is 6.07 Å². The number of rotatable bonds is 1. The molecule has 19 heavy (non-hydrogen) atoms. The van der Waals surface area contributed by atoms with Crippen molar-refractivity contribution in [3.63, 3.8) is 0 Å². The summed E-state index contributed by atoms with van der Waals surface area (Å²) in [4.78, 5) is 0. The summed E-state index contributed by atoms with van der Waals surface area (Å²) in [5.74, 6) is 0.0970. The van der Waals surface area contributed by atoms with E-state index in [4.69, 9.17) is 4.42 Å². The van der Waals surface area contributed by atoms with Gasteiger partial charge < -0.3 is 15.3 Å². The topological polar surface area (TPSA) is 72.0 Å². The van der Waals surface area contributed by atoms with Crippen LogP contribution in [0, 0.1) is 0 Å². The van der Waals surface area contributed by atoms with Gasteiger partial charge in [0.25, 0.3) is 0 Å². The van der Waals surface area contributed by atoms with E-state index in [1.807, 2.05) is 0 Å². The maximum absolute atomic E-state index is 9.81. The summed E-state index contributed by atoms with van der Waals surface area (Å²) < 4.78 is 5.41. The molecule has 0 atom stereocenters. The van der Waals surface area contributed by atoms with Crippen LogP contribution in [-0.4, -0.2) is 15.3 Å². The predicted octanol–water partition coefficient (Wildman–Crippen LogP) is 3.50. The average molecular weight is 255 g/mol. The van der Waals surface area contributed by atoms with Crippen molar-refractivity contribution >= 4 is 11.0 Å². The first kappa shape index (κ1) is 11.3. The van der Waals surface area contributed by atoms with E-state index in [0.29, 0.717) is 11.0 Å². The van der Waals surface area contributed by atoms with E-state index in [0.717, 1.165) is 11.1 Å². The van der Waals surface area contributed by atoms with E-state index < -0.39 is 0 Å². The van der Waals surface area contributed by atoms with Gasteiger partial charge in [0.15, 0.2) is 0 Å². The Morgan fingerprint density at radius 2 is 1.47 bits per heavy atom. The molecule has 3 aromatic rings. The fourth-order valence-corrected chi connectivity index (χ4v) is 1.96. The minimum Gasteiger partial charge on any atom is -0.508 e. The number of benzene rings is 2. The first-order valence-corrected chi connectivity index (χ1v) is 5.70. The lowest BCUT2D eigenvalue weighted by molar-refractivity contribution is 0.452. The van der Waals surface area contributed by atoms with E-state index in [1.54, 1.807) is 30.3 Å². The van der Waals surface area contributed by atoms with Crippen LogP contribution >= 0.6 is 0 Å². The predicted molar refractivity (Wildman–Crippen MR) is 71.1 cm³/mol. The zero-order chi connectivity index (χ0) is 13.4. The van der Waals surface area contributed by atoms with Gasteiger partial charge in [-0.15, -0.1) is 0 Å². The number of hydrogen-bond acceptors (Lipinski definition) is 3. The second-order valence-electron chi connectivity index (χ2n) is 4.26. The van der Waals surface area contributed by atoms with Crippen LogP contribution in [0.5, 0.6) is 17.2 Å². The highest BCUT2D eigenvalue weighted by Crippen LogP contribution is 2.33. The molecule has 0 aliphatic rings. The molecule has 0 saturated heterocycles. The van der Waals surface area contributed by atoms with E-state index >= 15 is 0 Å². The zero-order valence-electron chi connectivity index (χ0n) is 9.87. The Kier molecular flexibility index (Phi) is 2.49. The average Bonchev–Trinajstić information content (AvgIpc) is 2.39. The Hall–Kier alpha value is -2.75. The van der Waals surface area contributed by atoms with Crippen LogP contribution in [0.25, 0.3) is 22.1 Å². The third-order valence-corrected chi connectivity index (χ3v) is 2.92. The van der Waals surface area contributed by atoms with Crippen LogP contribution in [-0.2, 0) is 0 Å². The molecule has 1 heterocycles. The summed E-state index contributed by atoms with van der Waals surface area (Å²) in [6.45, 7) is 0. The van der Waals surface area contributed by atoms with Gasteiger partial charge in [0.2, 0.25) is 0 Å². The van der Waals surface area contributed by atoms with Gasteiger partial charge in [0.05, 0.1) is 11.6 Å². The third kappa shape index (κ3) is 2.04. The lowest BCUT2D eigenvalue weighted by Gasteiger charge is -2.00. The molecule has 3 rings (SSSR count). The molecule has 4 nitrogen and oxygen atoms in total. The fraction of sp³-hybridized carbons (Fsp3) is 0. The minimum atomic E-state index is -0.0499. The highest BCUT2D eigenvalue weighted by atomic mass is 16.3. The largest absolute Gasteiger partial charge is 0.508 e. The molecule has 0 bridgehead atoms. The van der Waals surface area contributed by atoms with Gasteiger partial charge in [-0.05, 0) is 23.8 Å². The summed E-state index contributed by atoms with van der Waals surface area (Å²) in [6.07, 6.45) is 1.54. The lowest BCUT2D eigenvalue weighted by Crippen LogP contribution is -1.80. The molecule has 0 fully saturated rings. The summed E-state index contributed by atoms with van der Waals surface area (Å²) in [5.41, 5.74) is 2.03. The number of phenolic OH excluding ortho intramolecular Hbond substituents is 3. The molecule has 94 valence electrons. The van der Waals surface area contributed by atoms with E-state index in [2.05, 4.69) is 0 Å². The van der Waals surface area contributed by atoms with Crippen molar-refractivity contribution < 1.29 is 19.7 Å². The van der Waals surface area contributed by atoms with Crippen molar-refractivity contribution in [3.05, 3.63) is 48.7 Å². The van der Waals surface area contributed by atoms with Gasteiger partial charge >= 0.3 is 11.8 Å². The van der Waals surface area contributed by atoms with Crippen LogP contribution in [0.2, 0.25) is 0 Å². The Labute approximate surface area is 108 Å². The summed E-state index contributed by atoms with van der Waals surface area (Å²) in [7, 11) is 0. The van der Waals surface area contributed by atoms with Crippen molar-refractivity contribution in [2.75, 3.05) is 0 Å². The van der Waals surface area contributed by atoms with Crippen LogP contribution in [0.1, 0.15) is 0 Å². The van der Waals surface area contributed by atoms with E-state index in [9.17, 15) is 15.3 Å². The normalized spacial score (nSPS) is 10.7. The van der Waals surface area contributed by atoms with Crippen molar-refractivity contribution in [2.24, 2.45) is 0 Å². The monoisotopic (exact) mass is 255 g/mol. The van der Waals surface area contributed by atoms with E-state index in [1.165, 1.54) is 18.4 Å². The zero-order valence-corrected chi connectivity index (χ0v) is 9.87. The maximum Gasteiger partial charge on any atom is 0.367 e. The van der Waals surface area contributed by atoms with Gasteiger partial charge in [-0.25, -0.2) is 4.42 Å². The minimum absolute atomic E-state index is 0.0422. The van der Waals surface area contributed by atoms with Gasteiger partial charge in [-0.3, -0.25) is 0 Å². The van der Waals surface area contributed by atoms with Crippen molar-refractivity contribution in [1.29, 1.82) is 0 Å². The molecule has 0 unspecified atom stereocenters. The van der Waals surface area contributed by atoms with Crippen LogP contribution in [0.3, 0.4) is 0 Å². The number of hydrogen-bond donors (Lipinski definition) is 3. The standard InChI is InChI=1S/C15H10O4/c16-11-3-1-9(2-4-11)10-5-13-14(18)6-12(17)7-15(13)19-8-10/h1-8H,(H2-,16,17,18)/p+1. The molecular formula is C15H11O4+. The summed E-state index contributed by atoms with van der Waals surface area (Å²) >= 11 is 0. The highest BCUT2D eigenvalue weighted by Gasteiger charge is 2.15. The Balaban J connectivity index is 2.19. The molecule has 0 saturated carbocycles. The number of fused-ring (bicyclic) bond motifs is 1. The lowest BCUT2D eigenvalue weighted by atomic mass is 10.1. The first-order chi connectivity index (χ1) is 9.13. The molecular weight excluding hydrogens is 244 g/mol. The third-order valence-electron chi connectivity index (χ3n) is 2.92. The quantitative estimate of drug-likeness (QED) is 0.582. The highest BCUT2D eigenvalue weighted by molar-refractivity contribution is 5.88. The molecule has 0 aliphatic heterocycles. The van der Waals surface area contributed by atoms with Crippen LogP contribution in [0.15, 0.2) is 53.1 Å². The molecule has 2 aromatic carbocycles.